The third-order valence-corrected chi connectivity index (χ3v) is 5.66. The fraction of sp³-hybridized carbons (Fsp3) is 1.00. The van der Waals surface area contributed by atoms with Crippen LogP contribution < -0.4 is 0 Å². The Labute approximate surface area is 183 Å². The van der Waals surface area contributed by atoms with Crippen LogP contribution in [0.25, 0.3) is 0 Å². The van der Waals surface area contributed by atoms with Crippen molar-refractivity contribution in [2.24, 2.45) is 0 Å². The topological polar surface area (TPSA) is 43.7 Å². The first kappa shape index (κ1) is 30.4. The molecule has 28 heavy (non-hydrogen) atoms. The molecule has 0 bridgehead atoms. The average Bonchev–Trinajstić information content (AvgIpc) is 2.62. The molecule has 0 unspecified atom stereocenters. The summed E-state index contributed by atoms with van der Waals surface area (Å²) in [5.41, 5.74) is 0. The Morgan fingerprint density at radius 1 is 0.500 bits per heavy atom. The highest BCUT2D eigenvalue weighted by atomic mass is 35.5. The molecule has 0 spiro atoms. The van der Waals surface area contributed by atoms with Crippen LogP contribution in [0.1, 0.15) is 136 Å². The van der Waals surface area contributed by atoms with Gasteiger partial charge in [-0.05, 0) is 12.8 Å². The van der Waals surface area contributed by atoms with Gasteiger partial charge in [0.05, 0.1) is 0 Å². The molecule has 0 saturated heterocycles. The van der Waals surface area contributed by atoms with E-state index in [1.54, 1.807) is 0 Å². The van der Waals surface area contributed by atoms with Gasteiger partial charge in [-0.15, -0.1) is 12.4 Å². The number of hydrogen-bond acceptors (Lipinski definition) is 3. The van der Waals surface area contributed by atoms with Crippen LogP contribution in [0.4, 0.5) is 0 Å². The number of nitrogens with zero attached hydrogens (tertiary/aromatic N) is 1. The van der Waals surface area contributed by atoms with Crippen LogP contribution >= 0.6 is 12.4 Å². The second-order valence-corrected chi connectivity index (χ2v) is 8.61. The van der Waals surface area contributed by atoms with Crippen LogP contribution in [0.5, 0.6) is 0 Å². The summed E-state index contributed by atoms with van der Waals surface area (Å²) in [4.78, 5) is 1.86. The molecule has 0 aromatic carbocycles. The highest BCUT2D eigenvalue weighted by Crippen LogP contribution is 2.15. The Balaban J connectivity index is 0. The molecule has 3 nitrogen and oxygen atoms in total. The SMILES string of the molecule is CCCCCCCCCCCN(CCCCCCCCCCC)C(C)(O)O.Cl. The Bertz CT molecular complexity index is 273. The van der Waals surface area contributed by atoms with E-state index in [1.807, 2.05) is 4.90 Å². The molecule has 0 atom stereocenters. The lowest BCUT2D eigenvalue weighted by Crippen LogP contribution is -2.47. The van der Waals surface area contributed by atoms with Crippen molar-refractivity contribution in [2.45, 2.75) is 142 Å². The highest BCUT2D eigenvalue weighted by Gasteiger charge is 2.24. The fourth-order valence-electron chi connectivity index (χ4n) is 3.76. The van der Waals surface area contributed by atoms with E-state index in [2.05, 4.69) is 13.8 Å². The van der Waals surface area contributed by atoms with Gasteiger partial charge in [0.1, 0.15) is 0 Å². The van der Waals surface area contributed by atoms with Crippen LogP contribution in [-0.2, 0) is 0 Å². The fourth-order valence-corrected chi connectivity index (χ4v) is 3.76. The van der Waals surface area contributed by atoms with Crippen LogP contribution in [0.3, 0.4) is 0 Å². The van der Waals surface area contributed by atoms with E-state index < -0.39 is 5.91 Å². The van der Waals surface area contributed by atoms with Gasteiger partial charge in [0.25, 0.3) is 0 Å². The molecule has 0 radical (unpaired) electrons. The molecule has 0 amide bonds. The molecular weight excluding hydrogens is 370 g/mol. The third kappa shape index (κ3) is 20.9. The molecule has 0 heterocycles. The highest BCUT2D eigenvalue weighted by molar-refractivity contribution is 5.85. The summed E-state index contributed by atoms with van der Waals surface area (Å²) in [6.45, 7) is 7.63. The van der Waals surface area contributed by atoms with E-state index in [9.17, 15) is 10.2 Å². The first-order valence-electron chi connectivity index (χ1n) is 12.2. The van der Waals surface area contributed by atoms with Crippen molar-refractivity contribution in [2.75, 3.05) is 13.1 Å². The number of hydrogen-bond donors (Lipinski definition) is 2. The van der Waals surface area contributed by atoms with Crippen molar-refractivity contribution < 1.29 is 10.2 Å². The van der Waals surface area contributed by atoms with Gasteiger partial charge in [-0.3, -0.25) is 4.90 Å². The molecule has 0 aliphatic carbocycles. The number of aliphatic hydroxyl groups is 2. The van der Waals surface area contributed by atoms with E-state index in [0.717, 1.165) is 25.9 Å². The lowest BCUT2D eigenvalue weighted by Gasteiger charge is -2.32. The Kier molecular flexibility index (Phi) is 23.7. The van der Waals surface area contributed by atoms with Crippen molar-refractivity contribution in [1.82, 2.24) is 4.90 Å². The molecule has 0 rings (SSSR count). The van der Waals surface area contributed by atoms with Crippen LogP contribution in [0.2, 0.25) is 0 Å². The molecule has 0 aromatic heterocycles. The average molecular weight is 422 g/mol. The zero-order chi connectivity index (χ0) is 20.2. The minimum absolute atomic E-state index is 0. The van der Waals surface area contributed by atoms with Crippen LogP contribution in [0, 0.1) is 0 Å². The summed E-state index contributed by atoms with van der Waals surface area (Å²) < 4.78 is 0. The van der Waals surface area contributed by atoms with Crippen molar-refractivity contribution in [1.29, 1.82) is 0 Å². The van der Waals surface area contributed by atoms with Crippen molar-refractivity contribution in [3.8, 4) is 0 Å². The van der Waals surface area contributed by atoms with Gasteiger partial charge in [-0.1, -0.05) is 117 Å². The maximum Gasteiger partial charge on any atom is 0.221 e. The summed E-state index contributed by atoms with van der Waals surface area (Å²) in [7, 11) is 0. The standard InChI is InChI=1S/C24H51NO2.ClH/c1-4-6-8-10-12-14-16-18-20-22-25(24(3,26)27)23-21-19-17-15-13-11-9-7-5-2;/h26-27H,4-23H2,1-3H3;1H. The number of halogens is 1. The molecule has 2 N–H and O–H groups in total. The van der Waals surface area contributed by atoms with Gasteiger partial charge in [0, 0.05) is 20.0 Å². The maximum atomic E-state index is 10.0. The van der Waals surface area contributed by atoms with E-state index in [1.165, 1.54) is 110 Å². The summed E-state index contributed by atoms with van der Waals surface area (Å²) in [5, 5.41) is 20.0. The van der Waals surface area contributed by atoms with Crippen LogP contribution in [-0.4, -0.2) is 34.1 Å². The van der Waals surface area contributed by atoms with E-state index >= 15 is 0 Å². The molecule has 172 valence electrons. The van der Waals surface area contributed by atoms with Gasteiger partial charge in [0.15, 0.2) is 0 Å². The first-order valence-corrected chi connectivity index (χ1v) is 12.2. The zero-order valence-electron chi connectivity index (χ0n) is 19.4. The predicted molar refractivity (Wildman–Crippen MR) is 126 cm³/mol. The summed E-state index contributed by atoms with van der Waals surface area (Å²) in [5.74, 6) is -1.67. The second-order valence-electron chi connectivity index (χ2n) is 8.61. The maximum absolute atomic E-state index is 10.0. The van der Waals surface area contributed by atoms with Crippen molar-refractivity contribution >= 4 is 12.4 Å². The zero-order valence-corrected chi connectivity index (χ0v) is 20.2. The van der Waals surface area contributed by atoms with Crippen LogP contribution in [0.15, 0.2) is 0 Å². The number of rotatable bonds is 21. The molecule has 0 aliphatic rings. The Morgan fingerprint density at radius 2 is 0.750 bits per heavy atom. The molecule has 0 fully saturated rings. The lowest BCUT2D eigenvalue weighted by molar-refractivity contribution is -0.250. The monoisotopic (exact) mass is 421 g/mol. The molecule has 0 aliphatic heterocycles. The van der Waals surface area contributed by atoms with Gasteiger partial charge in [-0.25, -0.2) is 0 Å². The summed E-state index contributed by atoms with van der Waals surface area (Å²) >= 11 is 0. The minimum Gasteiger partial charge on any atom is -0.353 e. The largest absolute Gasteiger partial charge is 0.353 e. The quantitative estimate of drug-likeness (QED) is 0.149. The summed E-state index contributed by atoms with van der Waals surface area (Å²) in [6, 6.07) is 0. The van der Waals surface area contributed by atoms with Gasteiger partial charge in [0.2, 0.25) is 5.91 Å². The van der Waals surface area contributed by atoms with Crippen molar-refractivity contribution in [3.05, 3.63) is 0 Å². The van der Waals surface area contributed by atoms with Crippen molar-refractivity contribution in [3.63, 3.8) is 0 Å². The molecular formula is C24H52ClNO2. The van der Waals surface area contributed by atoms with E-state index in [4.69, 9.17) is 0 Å². The number of unbranched alkanes of at least 4 members (excludes halogenated alkanes) is 16. The van der Waals surface area contributed by atoms with Gasteiger partial charge < -0.3 is 10.2 Å². The Morgan fingerprint density at radius 3 is 1.00 bits per heavy atom. The molecule has 4 heteroatoms. The predicted octanol–water partition coefficient (Wildman–Crippen LogP) is 7.43. The van der Waals surface area contributed by atoms with Gasteiger partial charge >= 0.3 is 0 Å². The molecule has 0 saturated carbocycles. The lowest BCUT2D eigenvalue weighted by atomic mass is 10.1. The minimum atomic E-state index is -1.67. The molecule has 0 aromatic rings. The van der Waals surface area contributed by atoms with E-state index in [0.29, 0.717) is 0 Å². The normalized spacial score (nSPS) is 11.8. The third-order valence-electron chi connectivity index (χ3n) is 5.66. The van der Waals surface area contributed by atoms with Gasteiger partial charge in [-0.2, -0.15) is 0 Å². The Hall–Kier alpha value is 0.170. The first-order chi connectivity index (χ1) is 13.0. The summed E-state index contributed by atoms with van der Waals surface area (Å²) in [6.07, 6.45) is 23.4. The second kappa shape index (κ2) is 21.9. The smallest absolute Gasteiger partial charge is 0.221 e. The van der Waals surface area contributed by atoms with E-state index in [-0.39, 0.29) is 12.4 Å².